The van der Waals surface area contributed by atoms with Gasteiger partial charge in [-0.15, -0.1) is 11.8 Å². The van der Waals surface area contributed by atoms with E-state index >= 15 is 0 Å². The second kappa shape index (κ2) is 4.12. The van der Waals surface area contributed by atoms with E-state index in [4.69, 9.17) is 0 Å². The first-order chi connectivity index (χ1) is 5.24. The van der Waals surface area contributed by atoms with Crippen LogP contribution in [0.25, 0.3) is 0 Å². The van der Waals surface area contributed by atoms with Gasteiger partial charge in [0, 0.05) is 11.1 Å². The van der Waals surface area contributed by atoms with E-state index in [1.54, 1.807) is 11.8 Å². The summed E-state index contributed by atoms with van der Waals surface area (Å²) in [7, 11) is 0. The fourth-order valence-corrected chi connectivity index (χ4v) is 2.09. The number of aryl methyl sites for hydroxylation is 1. The Kier molecular flexibility index (Phi) is 3.40. The van der Waals surface area contributed by atoms with Gasteiger partial charge in [-0.3, -0.25) is 0 Å². The molecule has 60 valence electrons. The zero-order valence-corrected chi connectivity index (χ0v) is 9.00. The number of nitrogens with zero attached hydrogens (tertiary/aromatic N) is 1. The fraction of sp³-hybridized carbons (Fsp3) is 0.375. The van der Waals surface area contributed by atoms with E-state index in [1.807, 2.05) is 6.20 Å². The molecule has 0 unspecified atom stereocenters. The molecule has 0 radical (unpaired) electrons. The molecule has 0 aliphatic carbocycles. The van der Waals surface area contributed by atoms with Crippen LogP contribution in [0.1, 0.15) is 12.5 Å². The van der Waals surface area contributed by atoms with Gasteiger partial charge in [0.2, 0.25) is 0 Å². The molecule has 0 spiro atoms. The predicted molar refractivity (Wildman–Crippen MR) is 53.1 cm³/mol. The molecule has 0 atom stereocenters. The van der Waals surface area contributed by atoms with Crippen LogP contribution in [0.3, 0.4) is 0 Å². The standard InChI is InChI=1S/C8H10BrNS/c1-3-11-7-4-6(2)5-10-8(7)9/h4-5H,3H2,1-2H3. The van der Waals surface area contributed by atoms with Crippen LogP contribution in [0, 0.1) is 6.92 Å². The van der Waals surface area contributed by atoms with E-state index in [1.165, 1.54) is 10.5 Å². The number of hydrogen-bond acceptors (Lipinski definition) is 2. The zero-order chi connectivity index (χ0) is 8.27. The highest BCUT2D eigenvalue weighted by Gasteiger charge is 1.99. The molecule has 1 heterocycles. The van der Waals surface area contributed by atoms with Crippen LogP contribution < -0.4 is 0 Å². The number of hydrogen-bond donors (Lipinski definition) is 0. The zero-order valence-electron chi connectivity index (χ0n) is 6.60. The summed E-state index contributed by atoms with van der Waals surface area (Å²) in [6, 6.07) is 2.14. The molecule has 0 fully saturated rings. The number of aromatic nitrogens is 1. The van der Waals surface area contributed by atoms with Crippen LogP contribution in [-0.2, 0) is 0 Å². The fourth-order valence-electron chi connectivity index (χ4n) is 0.782. The molecule has 0 saturated carbocycles. The van der Waals surface area contributed by atoms with Crippen molar-refractivity contribution >= 4 is 27.7 Å². The Morgan fingerprint density at radius 3 is 3.00 bits per heavy atom. The minimum Gasteiger partial charge on any atom is -0.248 e. The largest absolute Gasteiger partial charge is 0.248 e. The monoisotopic (exact) mass is 231 g/mol. The van der Waals surface area contributed by atoms with Crippen LogP contribution in [0.4, 0.5) is 0 Å². The maximum absolute atomic E-state index is 4.19. The molecule has 0 N–H and O–H groups in total. The second-order valence-corrected chi connectivity index (χ2v) is 4.29. The Hall–Kier alpha value is -0.0200. The maximum atomic E-state index is 4.19. The van der Waals surface area contributed by atoms with Crippen LogP contribution in [0.2, 0.25) is 0 Å². The molecule has 1 rings (SSSR count). The third kappa shape index (κ3) is 2.49. The normalized spacial score (nSPS) is 10.1. The summed E-state index contributed by atoms with van der Waals surface area (Å²) in [5, 5.41) is 0. The molecular formula is C8H10BrNS. The van der Waals surface area contributed by atoms with Gasteiger partial charge in [0.15, 0.2) is 0 Å². The lowest BCUT2D eigenvalue weighted by Gasteiger charge is -2.01. The molecule has 0 bridgehead atoms. The van der Waals surface area contributed by atoms with Gasteiger partial charge in [-0.1, -0.05) is 6.92 Å². The molecule has 1 aromatic heterocycles. The first-order valence-corrected chi connectivity index (χ1v) is 5.27. The summed E-state index contributed by atoms with van der Waals surface area (Å²) < 4.78 is 0.954. The summed E-state index contributed by atoms with van der Waals surface area (Å²) in [6.45, 7) is 4.19. The lowest BCUT2D eigenvalue weighted by molar-refractivity contribution is 1.14. The van der Waals surface area contributed by atoms with E-state index in [0.29, 0.717) is 0 Å². The van der Waals surface area contributed by atoms with Crippen molar-refractivity contribution in [1.29, 1.82) is 0 Å². The van der Waals surface area contributed by atoms with Crippen molar-refractivity contribution in [1.82, 2.24) is 4.98 Å². The van der Waals surface area contributed by atoms with Crippen molar-refractivity contribution in [3.05, 3.63) is 22.4 Å². The minimum absolute atomic E-state index is 0.954. The molecule has 0 saturated heterocycles. The molecule has 1 aromatic rings. The van der Waals surface area contributed by atoms with E-state index in [2.05, 4.69) is 40.8 Å². The molecule has 1 nitrogen and oxygen atoms in total. The summed E-state index contributed by atoms with van der Waals surface area (Å²) >= 11 is 5.21. The first kappa shape index (κ1) is 9.07. The Morgan fingerprint density at radius 1 is 1.64 bits per heavy atom. The van der Waals surface area contributed by atoms with E-state index in [9.17, 15) is 0 Å². The van der Waals surface area contributed by atoms with Crippen molar-refractivity contribution in [3.63, 3.8) is 0 Å². The molecule has 3 heteroatoms. The number of pyridine rings is 1. The van der Waals surface area contributed by atoms with E-state index in [-0.39, 0.29) is 0 Å². The van der Waals surface area contributed by atoms with Gasteiger partial charge in [0.05, 0.1) is 0 Å². The van der Waals surface area contributed by atoms with Gasteiger partial charge >= 0.3 is 0 Å². The Morgan fingerprint density at radius 2 is 2.36 bits per heavy atom. The van der Waals surface area contributed by atoms with Crippen molar-refractivity contribution < 1.29 is 0 Å². The summed E-state index contributed by atoms with van der Waals surface area (Å²) in [6.07, 6.45) is 1.86. The highest BCUT2D eigenvalue weighted by molar-refractivity contribution is 9.10. The highest BCUT2D eigenvalue weighted by Crippen LogP contribution is 2.25. The minimum atomic E-state index is 0.954. The van der Waals surface area contributed by atoms with Gasteiger partial charge in [0.1, 0.15) is 4.60 Å². The average molecular weight is 232 g/mol. The topological polar surface area (TPSA) is 12.9 Å². The van der Waals surface area contributed by atoms with Crippen LogP contribution >= 0.6 is 27.7 Å². The maximum Gasteiger partial charge on any atom is 0.119 e. The molecule has 11 heavy (non-hydrogen) atoms. The van der Waals surface area contributed by atoms with Gasteiger partial charge < -0.3 is 0 Å². The molecule has 0 aromatic carbocycles. The highest BCUT2D eigenvalue weighted by atomic mass is 79.9. The smallest absolute Gasteiger partial charge is 0.119 e. The summed E-state index contributed by atoms with van der Waals surface area (Å²) in [4.78, 5) is 5.42. The number of thioether (sulfide) groups is 1. The Balaban J connectivity index is 2.93. The SMILES string of the molecule is CCSc1cc(C)cnc1Br. The summed E-state index contributed by atoms with van der Waals surface area (Å²) in [5.74, 6) is 1.09. The van der Waals surface area contributed by atoms with Gasteiger partial charge in [-0.05, 0) is 40.2 Å². The summed E-state index contributed by atoms with van der Waals surface area (Å²) in [5.41, 5.74) is 1.21. The van der Waals surface area contributed by atoms with Crippen LogP contribution in [-0.4, -0.2) is 10.7 Å². The van der Waals surface area contributed by atoms with Crippen molar-refractivity contribution in [2.45, 2.75) is 18.7 Å². The van der Waals surface area contributed by atoms with E-state index in [0.717, 1.165) is 10.4 Å². The van der Waals surface area contributed by atoms with Gasteiger partial charge in [0.25, 0.3) is 0 Å². The van der Waals surface area contributed by atoms with Crippen molar-refractivity contribution in [3.8, 4) is 0 Å². The van der Waals surface area contributed by atoms with Gasteiger partial charge in [-0.2, -0.15) is 0 Å². The van der Waals surface area contributed by atoms with E-state index < -0.39 is 0 Å². The number of rotatable bonds is 2. The molecule has 0 aliphatic heterocycles. The molecule has 0 aliphatic rings. The Labute approximate surface area is 79.7 Å². The Bertz CT molecular complexity index is 250. The lowest BCUT2D eigenvalue weighted by atomic mass is 10.3. The third-order valence-corrected chi connectivity index (χ3v) is 3.05. The third-order valence-electron chi connectivity index (χ3n) is 1.24. The average Bonchev–Trinajstić information content (AvgIpc) is 1.98. The number of halogens is 1. The van der Waals surface area contributed by atoms with Gasteiger partial charge in [-0.25, -0.2) is 4.98 Å². The lowest BCUT2D eigenvalue weighted by Crippen LogP contribution is -1.82. The quantitative estimate of drug-likeness (QED) is 0.573. The molecular weight excluding hydrogens is 222 g/mol. The van der Waals surface area contributed by atoms with Crippen molar-refractivity contribution in [2.75, 3.05) is 5.75 Å². The van der Waals surface area contributed by atoms with Crippen LogP contribution in [0.5, 0.6) is 0 Å². The molecule has 0 amide bonds. The van der Waals surface area contributed by atoms with Crippen LogP contribution in [0.15, 0.2) is 21.8 Å². The predicted octanol–water partition coefficient (Wildman–Crippen LogP) is 3.26. The second-order valence-electron chi connectivity index (χ2n) is 2.23. The first-order valence-electron chi connectivity index (χ1n) is 3.49. The van der Waals surface area contributed by atoms with Crippen molar-refractivity contribution in [2.24, 2.45) is 0 Å².